The number of nitrogens with one attached hydrogen (secondary N) is 1. The van der Waals surface area contributed by atoms with Gasteiger partial charge in [-0.3, -0.25) is 10.1 Å². The summed E-state index contributed by atoms with van der Waals surface area (Å²) in [4.78, 5) is 12.6. The van der Waals surface area contributed by atoms with Crippen LogP contribution in [0, 0.1) is 0 Å². The second-order valence-electron chi connectivity index (χ2n) is 6.22. The van der Waals surface area contributed by atoms with Crippen LogP contribution in [0.1, 0.15) is 36.0 Å². The van der Waals surface area contributed by atoms with E-state index < -0.39 is 11.7 Å². The van der Waals surface area contributed by atoms with Crippen LogP contribution in [0.5, 0.6) is 0 Å². The first-order chi connectivity index (χ1) is 13.9. The van der Waals surface area contributed by atoms with E-state index in [0.717, 1.165) is 23.3 Å². The van der Waals surface area contributed by atoms with Crippen LogP contribution >= 0.6 is 23.1 Å². The van der Waals surface area contributed by atoms with Gasteiger partial charge in [-0.15, -0.1) is 10.2 Å². The van der Waals surface area contributed by atoms with Gasteiger partial charge in [0.1, 0.15) is 0 Å². The number of carbonyl (C=O) groups is 1. The molecule has 3 aromatic rings. The van der Waals surface area contributed by atoms with E-state index in [0.29, 0.717) is 21.6 Å². The summed E-state index contributed by atoms with van der Waals surface area (Å²) < 4.78 is 38.5. The lowest BCUT2D eigenvalue weighted by Crippen LogP contribution is -2.20. The fourth-order valence-corrected chi connectivity index (χ4v) is 4.41. The summed E-state index contributed by atoms with van der Waals surface area (Å²) >= 11 is 2.60. The van der Waals surface area contributed by atoms with Gasteiger partial charge in [0.15, 0.2) is 4.34 Å². The van der Waals surface area contributed by atoms with Gasteiger partial charge in [-0.25, -0.2) is 0 Å². The first kappa shape index (κ1) is 21.3. The topological polar surface area (TPSA) is 54.9 Å². The van der Waals surface area contributed by atoms with Crippen LogP contribution in [0.25, 0.3) is 0 Å². The second-order valence-corrected chi connectivity index (χ2v) is 8.42. The van der Waals surface area contributed by atoms with Crippen LogP contribution in [0.15, 0.2) is 58.9 Å². The highest BCUT2D eigenvalue weighted by Gasteiger charge is 2.29. The number of aromatic nitrogens is 2. The van der Waals surface area contributed by atoms with E-state index in [1.165, 1.54) is 35.2 Å². The zero-order chi connectivity index (χ0) is 20.9. The van der Waals surface area contributed by atoms with Crippen molar-refractivity contribution in [3.8, 4) is 0 Å². The normalized spacial score (nSPS) is 12.6. The van der Waals surface area contributed by atoms with Gasteiger partial charge in [-0.2, -0.15) is 13.2 Å². The minimum atomic E-state index is -4.34. The minimum absolute atomic E-state index is 0.144. The fourth-order valence-electron chi connectivity index (χ4n) is 2.70. The zero-order valence-electron chi connectivity index (χ0n) is 15.4. The van der Waals surface area contributed by atoms with Crippen molar-refractivity contribution in [2.45, 2.75) is 35.5 Å². The maximum atomic E-state index is 12.6. The lowest BCUT2D eigenvalue weighted by molar-refractivity contribution is -0.137. The monoisotopic (exact) mass is 437 g/mol. The number of hydrogen-bond donors (Lipinski definition) is 1. The Hall–Kier alpha value is -2.39. The van der Waals surface area contributed by atoms with Crippen molar-refractivity contribution in [1.29, 1.82) is 0 Å². The number of benzene rings is 2. The van der Waals surface area contributed by atoms with Gasteiger partial charge in [-0.05, 0) is 29.7 Å². The molecule has 1 amide bonds. The molecule has 0 saturated carbocycles. The molecular formula is C20H18F3N3OS2. The molecule has 3 rings (SSSR count). The van der Waals surface area contributed by atoms with Crippen molar-refractivity contribution in [1.82, 2.24) is 10.2 Å². The van der Waals surface area contributed by atoms with Gasteiger partial charge in [0.2, 0.25) is 11.0 Å². The van der Waals surface area contributed by atoms with Gasteiger partial charge in [0.05, 0.1) is 11.5 Å². The number of amides is 1. The molecule has 0 unspecified atom stereocenters. The largest absolute Gasteiger partial charge is 0.416 e. The number of thioether (sulfide) groups is 1. The molecule has 152 valence electrons. The highest BCUT2D eigenvalue weighted by Crippen LogP contribution is 2.32. The van der Waals surface area contributed by atoms with Crippen LogP contribution in [0.3, 0.4) is 0 Å². The predicted molar refractivity (Wildman–Crippen MR) is 109 cm³/mol. The molecule has 0 aliphatic rings. The maximum absolute atomic E-state index is 12.6. The molecular weight excluding hydrogens is 419 g/mol. The predicted octanol–water partition coefficient (Wildman–Crippen LogP) is 5.98. The number of anilines is 1. The first-order valence-electron chi connectivity index (χ1n) is 8.85. The number of halogens is 3. The van der Waals surface area contributed by atoms with E-state index in [9.17, 15) is 18.0 Å². The molecule has 4 nitrogen and oxygen atoms in total. The molecule has 2 aromatic carbocycles. The molecule has 0 bridgehead atoms. The summed E-state index contributed by atoms with van der Waals surface area (Å²) in [7, 11) is 0. The van der Waals surface area contributed by atoms with E-state index in [2.05, 4.69) is 15.5 Å². The maximum Gasteiger partial charge on any atom is 0.416 e. The van der Waals surface area contributed by atoms with Crippen LogP contribution in [-0.2, 0) is 16.7 Å². The quantitative estimate of drug-likeness (QED) is 0.365. The standard InChI is InChI=1S/C20H18F3N3OS2/c1-2-16(14-6-4-3-5-7-14)17(27)24-18-25-26-19(29-18)28-12-13-8-10-15(11-9-13)20(21,22)23/h3-11,16H,2,12H2,1H3,(H,24,25,27)/t16-/m1/s1. The molecule has 0 aliphatic heterocycles. The summed E-state index contributed by atoms with van der Waals surface area (Å²) in [5, 5.41) is 11.2. The SMILES string of the molecule is CC[C@@H](C(=O)Nc1nnc(SCc2ccc(C(F)(F)F)cc2)s1)c1ccccc1. The van der Waals surface area contributed by atoms with Crippen molar-refractivity contribution in [2.24, 2.45) is 0 Å². The molecule has 9 heteroatoms. The number of rotatable bonds is 7. The fraction of sp³-hybridized carbons (Fsp3) is 0.250. The van der Waals surface area contributed by atoms with Gasteiger partial charge < -0.3 is 0 Å². The van der Waals surface area contributed by atoms with E-state index in [-0.39, 0.29) is 11.8 Å². The average molecular weight is 438 g/mol. The molecule has 0 spiro atoms. The van der Waals surface area contributed by atoms with Crippen LogP contribution < -0.4 is 5.32 Å². The van der Waals surface area contributed by atoms with Crippen LogP contribution in [-0.4, -0.2) is 16.1 Å². The number of carbonyl (C=O) groups excluding carboxylic acids is 1. The summed E-state index contributed by atoms with van der Waals surface area (Å²) in [5.41, 5.74) is 1.02. The number of hydrogen-bond acceptors (Lipinski definition) is 5. The zero-order valence-corrected chi connectivity index (χ0v) is 17.1. The first-order valence-corrected chi connectivity index (χ1v) is 10.6. The molecule has 0 radical (unpaired) electrons. The highest BCUT2D eigenvalue weighted by molar-refractivity contribution is 8.00. The summed E-state index contributed by atoms with van der Waals surface area (Å²) in [6.45, 7) is 1.95. The Labute approximate surface area is 174 Å². The molecule has 1 atom stereocenters. The third-order valence-corrected chi connectivity index (χ3v) is 6.25. The third kappa shape index (κ3) is 5.80. The Morgan fingerprint density at radius 2 is 1.79 bits per heavy atom. The molecule has 1 aromatic heterocycles. The second kappa shape index (κ2) is 9.41. The van der Waals surface area contributed by atoms with Crippen LogP contribution in [0.2, 0.25) is 0 Å². The van der Waals surface area contributed by atoms with Gasteiger partial charge in [0, 0.05) is 5.75 Å². The Kier molecular flexibility index (Phi) is 6.92. The Bertz CT molecular complexity index is 944. The van der Waals surface area contributed by atoms with E-state index in [1.807, 2.05) is 37.3 Å². The number of nitrogens with zero attached hydrogens (tertiary/aromatic N) is 2. The van der Waals surface area contributed by atoms with E-state index >= 15 is 0 Å². The molecule has 1 heterocycles. The Balaban J connectivity index is 1.57. The van der Waals surface area contributed by atoms with Crippen molar-refractivity contribution in [2.75, 3.05) is 5.32 Å². The molecule has 0 aliphatic carbocycles. The molecule has 0 saturated heterocycles. The van der Waals surface area contributed by atoms with E-state index in [1.54, 1.807) is 0 Å². The molecule has 29 heavy (non-hydrogen) atoms. The summed E-state index contributed by atoms with van der Waals surface area (Å²) in [6, 6.07) is 14.6. The van der Waals surface area contributed by atoms with Crippen molar-refractivity contribution in [3.05, 3.63) is 71.3 Å². The van der Waals surface area contributed by atoms with Crippen molar-refractivity contribution < 1.29 is 18.0 Å². The summed E-state index contributed by atoms with van der Waals surface area (Å²) in [5.74, 6) is 0.0416. The van der Waals surface area contributed by atoms with Gasteiger partial charge >= 0.3 is 6.18 Å². The lowest BCUT2D eigenvalue weighted by atomic mass is 9.96. The van der Waals surface area contributed by atoms with Gasteiger partial charge in [-0.1, -0.05) is 72.5 Å². The average Bonchev–Trinajstić information content (AvgIpc) is 3.15. The van der Waals surface area contributed by atoms with Crippen LogP contribution in [0.4, 0.5) is 18.3 Å². The van der Waals surface area contributed by atoms with Gasteiger partial charge in [0.25, 0.3) is 0 Å². The molecule has 1 N–H and O–H groups in total. The Morgan fingerprint density at radius 1 is 1.10 bits per heavy atom. The highest BCUT2D eigenvalue weighted by atomic mass is 32.2. The lowest BCUT2D eigenvalue weighted by Gasteiger charge is -2.13. The van der Waals surface area contributed by atoms with Crippen molar-refractivity contribution in [3.63, 3.8) is 0 Å². The number of alkyl halides is 3. The van der Waals surface area contributed by atoms with Crippen molar-refractivity contribution >= 4 is 34.1 Å². The molecule has 0 fully saturated rings. The van der Waals surface area contributed by atoms with E-state index in [4.69, 9.17) is 0 Å². The Morgan fingerprint density at radius 3 is 2.41 bits per heavy atom. The minimum Gasteiger partial charge on any atom is -0.300 e. The summed E-state index contributed by atoms with van der Waals surface area (Å²) in [6.07, 6.45) is -3.68. The third-order valence-electron chi connectivity index (χ3n) is 4.21. The smallest absolute Gasteiger partial charge is 0.300 e.